The monoisotopic (exact) mass is 332 g/mol. The summed E-state index contributed by atoms with van der Waals surface area (Å²) in [7, 11) is 2.12. The Bertz CT molecular complexity index is 922. The number of ether oxygens (including phenoxy) is 1. The van der Waals surface area contributed by atoms with Crippen molar-refractivity contribution in [2.75, 3.05) is 13.6 Å². The van der Waals surface area contributed by atoms with Crippen molar-refractivity contribution in [3.8, 4) is 0 Å². The van der Waals surface area contributed by atoms with Gasteiger partial charge in [0.25, 0.3) is 0 Å². The lowest BCUT2D eigenvalue weighted by Gasteiger charge is -2.21. The van der Waals surface area contributed by atoms with Crippen molar-refractivity contribution in [2.45, 2.75) is 19.6 Å². The summed E-state index contributed by atoms with van der Waals surface area (Å²) in [6.45, 7) is 2.13. The molecular weight excluding hydrogens is 312 g/mol. The molecule has 0 unspecified atom stereocenters. The van der Waals surface area contributed by atoms with Gasteiger partial charge in [0.1, 0.15) is 6.61 Å². The summed E-state index contributed by atoms with van der Waals surface area (Å²) in [5, 5.41) is 2.20. The molecule has 1 aliphatic rings. The number of carbonyl (C=O) groups excluding carboxylic acids is 1. The molecule has 4 rings (SSSR count). The summed E-state index contributed by atoms with van der Waals surface area (Å²) in [5.41, 5.74) is 4.11. The molecule has 1 aliphatic heterocycles. The Labute approximate surface area is 147 Å². The second-order valence-corrected chi connectivity index (χ2v) is 6.50. The summed E-state index contributed by atoms with van der Waals surface area (Å²) >= 11 is 0. The zero-order valence-corrected chi connectivity index (χ0v) is 14.2. The van der Waals surface area contributed by atoms with E-state index in [1.807, 2.05) is 30.5 Å². The number of aromatic nitrogens is 1. The first-order chi connectivity index (χ1) is 12.2. The number of pyridine rings is 1. The normalized spacial score (nSPS) is 13.3. The number of esters is 1. The molecule has 1 aromatic heterocycles. The molecule has 25 heavy (non-hydrogen) atoms. The lowest BCUT2D eigenvalue weighted by atomic mass is 9.94. The van der Waals surface area contributed by atoms with Gasteiger partial charge in [0.2, 0.25) is 0 Å². The second-order valence-electron chi connectivity index (χ2n) is 6.50. The minimum absolute atomic E-state index is 0.223. The summed E-state index contributed by atoms with van der Waals surface area (Å²) in [6.07, 6.45) is 2.76. The predicted molar refractivity (Wildman–Crippen MR) is 97.3 cm³/mol. The van der Waals surface area contributed by atoms with Crippen LogP contribution in [0.4, 0.5) is 0 Å². The van der Waals surface area contributed by atoms with E-state index >= 15 is 0 Å². The summed E-state index contributed by atoms with van der Waals surface area (Å²) in [6, 6.07) is 16.1. The molecule has 4 nitrogen and oxygen atoms in total. The van der Waals surface area contributed by atoms with Crippen LogP contribution in [0.25, 0.3) is 10.8 Å². The summed E-state index contributed by atoms with van der Waals surface area (Å²) in [5.74, 6) is -0.223. The zero-order valence-electron chi connectivity index (χ0n) is 14.2. The van der Waals surface area contributed by atoms with E-state index in [1.54, 1.807) is 0 Å². The number of carbonyl (C=O) groups is 1. The van der Waals surface area contributed by atoms with E-state index in [-0.39, 0.29) is 5.97 Å². The van der Waals surface area contributed by atoms with Crippen LogP contribution < -0.4 is 0 Å². The highest BCUT2D eigenvalue weighted by atomic mass is 16.5. The molecule has 2 heterocycles. The maximum atomic E-state index is 12.0. The molecule has 0 radical (unpaired) electrons. The zero-order chi connectivity index (χ0) is 17.2. The number of benzene rings is 2. The Hall–Kier alpha value is -2.72. The van der Waals surface area contributed by atoms with Crippen molar-refractivity contribution in [3.63, 3.8) is 0 Å². The number of rotatable bonds is 5. The molecule has 0 saturated heterocycles. The quantitative estimate of drug-likeness (QED) is 0.670. The van der Waals surface area contributed by atoms with Gasteiger partial charge in [0.05, 0.1) is 5.56 Å². The fourth-order valence-corrected chi connectivity index (χ4v) is 3.41. The fraction of sp³-hybridized carbons (Fsp3) is 0.238. The van der Waals surface area contributed by atoms with Gasteiger partial charge in [-0.15, -0.1) is 0 Å². The van der Waals surface area contributed by atoms with Crippen molar-refractivity contribution in [1.29, 1.82) is 0 Å². The van der Waals surface area contributed by atoms with E-state index in [0.717, 1.165) is 41.5 Å². The molecule has 0 amide bonds. The number of likely N-dealkylation sites (N-methyl/N-ethyl adjacent to an activating group) is 1. The lowest BCUT2D eigenvalue weighted by molar-refractivity contribution is 0.0463. The van der Waals surface area contributed by atoms with Crippen molar-refractivity contribution >= 4 is 16.7 Å². The molecule has 0 aliphatic carbocycles. The minimum atomic E-state index is -0.223. The molecule has 3 aromatic rings. The molecule has 0 atom stereocenters. The summed E-state index contributed by atoms with van der Waals surface area (Å²) < 4.78 is 5.25. The third-order valence-electron chi connectivity index (χ3n) is 4.71. The Morgan fingerprint density at radius 3 is 2.88 bits per heavy atom. The van der Waals surface area contributed by atoms with E-state index in [1.165, 1.54) is 5.56 Å². The first-order valence-corrected chi connectivity index (χ1v) is 8.51. The minimum Gasteiger partial charge on any atom is -0.457 e. The van der Waals surface area contributed by atoms with E-state index in [0.29, 0.717) is 12.2 Å². The SMILES string of the molecule is CN(CCc1ccccn1)Cc1ccc2c3c(cccc13)C(=O)OC2. The van der Waals surface area contributed by atoms with Gasteiger partial charge in [0, 0.05) is 36.8 Å². The van der Waals surface area contributed by atoms with Gasteiger partial charge in [-0.05, 0) is 41.8 Å². The molecular formula is C21H20N2O2. The van der Waals surface area contributed by atoms with Crippen LogP contribution in [-0.2, 0) is 24.3 Å². The van der Waals surface area contributed by atoms with Crippen LogP contribution in [0.1, 0.15) is 27.2 Å². The van der Waals surface area contributed by atoms with E-state index in [9.17, 15) is 4.79 Å². The molecule has 0 spiro atoms. The van der Waals surface area contributed by atoms with Crippen molar-refractivity contribution in [3.05, 3.63) is 77.1 Å². The van der Waals surface area contributed by atoms with E-state index in [4.69, 9.17) is 4.74 Å². The first kappa shape index (κ1) is 15.8. The van der Waals surface area contributed by atoms with Crippen LogP contribution in [0.3, 0.4) is 0 Å². The molecule has 0 bridgehead atoms. The van der Waals surface area contributed by atoms with Crippen LogP contribution in [0.15, 0.2) is 54.7 Å². The topological polar surface area (TPSA) is 42.4 Å². The molecule has 0 fully saturated rings. The maximum absolute atomic E-state index is 12.0. The first-order valence-electron chi connectivity index (χ1n) is 8.51. The Balaban J connectivity index is 1.57. The molecule has 126 valence electrons. The molecule has 4 heteroatoms. The van der Waals surface area contributed by atoms with Gasteiger partial charge in [-0.1, -0.05) is 30.3 Å². The fourth-order valence-electron chi connectivity index (χ4n) is 3.41. The number of cyclic esters (lactones) is 1. The average Bonchev–Trinajstić information content (AvgIpc) is 2.65. The van der Waals surface area contributed by atoms with Crippen molar-refractivity contribution in [1.82, 2.24) is 9.88 Å². The third kappa shape index (κ3) is 3.13. The van der Waals surface area contributed by atoms with Crippen molar-refractivity contribution in [2.24, 2.45) is 0 Å². The third-order valence-corrected chi connectivity index (χ3v) is 4.71. The van der Waals surface area contributed by atoms with Gasteiger partial charge in [0.15, 0.2) is 0 Å². The lowest BCUT2D eigenvalue weighted by Crippen LogP contribution is -2.21. The van der Waals surface area contributed by atoms with Crippen LogP contribution in [0.2, 0.25) is 0 Å². The molecule has 0 saturated carbocycles. The highest BCUT2D eigenvalue weighted by molar-refractivity contribution is 6.08. The van der Waals surface area contributed by atoms with Gasteiger partial charge in [-0.25, -0.2) is 4.79 Å². The van der Waals surface area contributed by atoms with Crippen LogP contribution in [0, 0.1) is 0 Å². The van der Waals surface area contributed by atoms with Gasteiger partial charge < -0.3 is 9.64 Å². The predicted octanol–water partition coefficient (Wildman–Crippen LogP) is 3.58. The van der Waals surface area contributed by atoms with E-state index < -0.39 is 0 Å². The Morgan fingerprint density at radius 2 is 2.04 bits per heavy atom. The van der Waals surface area contributed by atoms with Gasteiger partial charge in [-0.2, -0.15) is 0 Å². The number of hydrogen-bond donors (Lipinski definition) is 0. The standard InChI is InChI=1S/C21H20N2O2/c1-23(12-10-17-5-2-3-11-22-17)13-15-8-9-16-14-25-21(24)19-7-4-6-18(15)20(16)19/h2-9,11H,10,12-14H2,1H3. The second kappa shape index (κ2) is 6.65. The highest BCUT2D eigenvalue weighted by Gasteiger charge is 2.21. The number of nitrogens with zero attached hydrogens (tertiary/aromatic N) is 2. The van der Waals surface area contributed by atoms with Gasteiger partial charge in [-0.3, -0.25) is 4.98 Å². The van der Waals surface area contributed by atoms with Crippen LogP contribution in [0.5, 0.6) is 0 Å². The largest absolute Gasteiger partial charge is 0.457 e. The van der Waals surface area contributed by atoms with Crippen molar-refractivity contribution < 1.29 is 9.53 Å². The maximum Gasteiger partial charge on any atom is 0.339 e. The number of hydrogen-bond acceptors (Lipinski definition) is 4. The Morgan fingerprint density at radius 1 is 1.12 bits per heavy atom. The van der Waals surface area contributed by atoms with Crippen LogP contribution in [-0.4, -0.2) is 29.4 Å². The highest BCUT2D eigenvalue weighted by Crippen LogP contribution is 2.31. The summed E-state index contributed by atoms with van der Waals surface area (Å²) in [4.78, 5) is 18.7. The molecule has 0 N–H and O–H groups in total. The van der Waals surface area contributed by atoms with Gasteiger partial charge >= 0.3 is 5.97 Å². The smallest absolute Gasteiger partial charge is 0.339 e. The Kier molecular flexibility index (Phi) is 4.20. The van der Waals surface area contributed by atoms with E-state index in [2.05, 4.69) is 41.2 Å². The average molecular weight is 332 g/mol. The molecule has 2 aromatic carbocycles. The van der Waals surface area contributed by atoms with Crippen LogP contribution >= 0.6 is 0 Å².